The Labute approximate surface area is 163 Å². The first-order valence-corrected chi connectivity index (χ1v) is 10.8. The topological polar surface area (TPSA) is 94.3 Å². The second kappa shape index (κ2) is 8.02. The summed E-state index contributed by atoms with van der Waals surface area (Å²) >= 11 is 0. The number of aromatic nitrogens is 2. The summed E-state index contributed by atoms with van der Waals surface area (Å²) in [6.45, 7) is 0.0654. The van der Waals surface area contributed by atoms with Crippen LogP contribution < -0.4 is 9.46 Å². The third-order valence-electron chi connectivity index (χ3n) is 4.41. The van der Waals surface area contributed by atoms with Crippen molar-refractivity contribution in [2.24, 2.45) is 0 Å². The molecule has 0 radical (unpaired) electrons. The minimum atomic E-state index is -3.56. The molecule has 1 aliphatic carbocycles. The summed E-state index contributed by atoms with van der Waals surface area (Å²) in [7, 11) is -3.56. The van der Waals surface area contributed by atoms with E-state index in [0.29, 0.717) is 29.7 Å². The van der Waals surface area contributed by atoms with Gasteiger partial charge < -0.3 is 9.26 Å². The number of benzene rings is 2. The summed E-state index contributed by atoms with van der Waals surface area (Å²) in [5.41, 5.74) is 1.29. The van der Waals surface area contributed by atoms with E-state index in [1.165, 1.54) is 0 Å². The normalized spacial score (nSPS) is 14.0. The van der Waals surface area contributed by atoms with E-state index in [1.807, 2.05) is 30.3 Å². The second-order valence-corrected chi connectivity index (χ2v) is 8.58. The van der Waals surface area contributed by atoms with Gasteiger partial charge in [-0.3, -0.25) is 4.72 Å². The van der Waals surface area contributed by atoms with Gasteiger partial charge in [-0.05, 0) is 36.6 Å². The van der Waals surface area contributed by atoms with E-state index in [9.17, 15) is 8.42 Å². The average molecular weight is 399 g/mol. The van der Waals surface area contributed by atoms with Gasteiger partial charge in [-0.25, -0.2) is 8.42 Å². The zero-order chi connectivity index (χ0) is 19.4. The Morgan fingerprint density at radius 2 is 1.82 bits per heavy atom. The van der Waals surface area contributed by atoms with Gasteiger partial charge in [-0.1, -0.05) is 41.6 Å². The number of nitrogens with one attached hydrogen (secondary N) is 1. The molecular formula is C20H21N3O4S. The molecule has 1 aliphatic rings. The molecule has 1 N–H and O–H groups in total. The predicted octanol–water partition coefficient (Wildman–Crippen LogP) is 3.36. The van der Waals surface area contributed by atoms with E-state index < -0.39 is 10.0 Å². The fourth-order valence-corrected chi connectivity index (χ4v) is 3.73. The largest absolute Gasteiger partial charge is 0.492 e. The van der Waals surface area contributed by atoms with E-state index in [2.05, 4.69) is 14.9 Å². The summed E-state index contributed by atoms with van der Waals surface area (Å²) in [5, 5.41) is 4.01. The van der Waals surface area contributed by atoms with Crippen LogP contribution in [0.2, 0.25) is 0 Å². The highest BCUT2D eigenvalue weighted by Crippen LogP contribution is 2.38. The van der Waals surface area contributed by atoms with Crippen molar-refractivity contribution in [3.05, 3.63) is 71.9 Å². The van der Waals surface area contributed by atoms with E-state index in [-0.39, 0.29) is 12.4 Å². The Kier molecular flexibility index (Phi) is 5.29. The van der Waals surface area contributed by atoms with Crippen LogP contribution in [0.1, 0.15) is 36.0 Å². The molecule has 0 aliphatic heterocycles. The molecule has 1 heterocycles. The monoisotopic (exact) mass is 399 g/mol. The third kappa shape index (κ3) is 4.89. The molecule has 0 spiro atoms. The highest BCUT2D eigenvalue weighted by molar-refractivity contribution is 7.92. The van der Waals surface area contributed by atoms with Gasteiger partial charge in [0.1, 0.15) is 18.1 Å². The Morgan fingerprint density at radius 1 is 1.07 bits per heavy atom. The van der Waals surface area contributed by atoms with Crippen LogP contribution in [0.3, 0.4) is 0 Å². The molecule has 3 aromatic rings. The average Bonchev–Trinajstić information content (AvgIpc) is 3.43. The van der Waals surface area contributed by atoms with Crippen LogP contribution >= 0.6 is 0 Å². The molecule has 7 nitrogen and oxygen atoms in total. The van der Waals surface area contributed by atoms with Crippen LogP contribution in [0.5, 0.6) is 5.75 Å². The number of rotatable bonds is 9. The molecule has 1 saturated carbocycles. The zero-order valence-corrected chi connectivity index (χ0v) is 16.1. The van der Waals surface area contributed by atoms with Crippen LogP contribution in [0.15, 0.2) is 59.1 Å². The van der Waals surface area contributed by atoms with Gasteiger partial charge in [0.25, 0.3) is 0 Å². The highest BCUT2D eigenvalue weighted by Gasteiger charge is 2.28. The molecular weight excluding hydrogens is 378 g/mol. The molecule has 2 aromatic carbocycles. The van der Waals surface area contributed by atoms with Gasteiger partial charge in [0, 0.05) is 5.92 Å². The quantitative estimate of drug-likeness (QED) is 0.593. The van der Waals surface area contributed by atoms with Crippen molar-refractivity contribution in [1.82, 2.24) is 10.1 Å². The summed E-state index contributed by atoms with van der Waals surface area (Å²) in [6.07, 6.45) is 2.57. The van der Waals surface area contributed by atoms with E-state index in [4.69, 9.17) is 9.26 Å². The van der Waals surface area contributed by atoms with Crippen LogP contribution in [0.25, 0.3) is 0 Å². The van der Waals surface area contributed by atoms with Crippen molar-refractivity contribution in [2.75, 3.05) is 17.1 Å². The Balaban J connectivity index is 1.39. The maximum absolute atomic E-state index is 12.5. The van der Waals surface area contributed by atoms with Crippen molar-refractivity contribution in [1.29, 1.82) is 0 Å². The van der Waals surface area contributed by atoms with E-state index in [0.717, 1.165) is 24.2 Å². The molecule has 1 fully saturated rings. The van der Waals surface area contributed by atoms with Crippen LogP contribution in [-0.4, -0.2) is 30.9 Å². The van der Waals surface area contributed by atoms with Crippen LogP contribution in [0.4, 0.5) is 5.69 Å². The summed E-state index contributed by atoms with van der Waals surface area (Å²) in [6, 6.07) is 16.3. The van der Waals surface area contributed by atoms with Crippen molar-refractivity contribution in [2.45, 2.75) is 25.2 Å². The molecule has 146 valence electrons. The SMILES string of the molecule is O=S(=O)(CCOc1ccccc1)Nc1ccccc1Cc1nc(C2CC2)no1. The highest BCUT2D eigenvalue weighted by atomic mass is 32.2. The smallest absolute Gasteiger partial charge is 0.236 e. The lowest BCUT2D eigenvalue weighted by Gasteiger charge is -2.12. The number of ether oxygens (including phenoxy) is 1. The lowest BCUT2D eigenvalue weighted by atomic mass is 10.1. The molecule has 4 rings (SSSR count). The van der Waals surface area contributed by atoms with Crippen molar-refractivity contribution in [3.8, 4) is 5.75 Å². The Morgan fingerprint density at radius 3 is 2.61 bits per heavy atom. The van der Waals surface area contributed by atoms with Crippen molar-refractivity contribution in [3.63, 3.8) is 0 Å². The Hall–Kier alpha value is -2.87. The van der Waals surface area contributed by atoms with Gasteiger partial charge in [-0.15, -0.1) is 0 Å². The fraction of sp³-hybridized carbons (Fsp3) is 0.300. The van der Waals surface area contributed by atoms with Crippen molar-refractivity contribution < 1.29 is 17.7 Å². The molecule has 8 heteroatoms. The van der Waals surface area contributed by atoms with Crippen molar-refractivity contribution >= 4 is 15.7 Å². The maximum atomic E-state index is 12.5. The van der Waals surface area contributed by atoms with E-state index in [1.54, 1.807) is 24.3 Å². The predicted molar refractivity (Wildman–Crippen MR) is 105 cm³/mol. The minimum Gasteiger partial charge on any atom is -0.492 e. The molecule has 0 amide bonds. The molecule has 28 heavy (non-hydrogen) atoms. The van der Waals surface area contributed by atoms with Gasteiger partial charge in [0.15, 0.2) is 5.82 Å². The van der Waals surface area contributed by atoms with Gasteiger partial charge in [-0.2, -0.15) is 4.98 Å². The number of hydrogen-bond donors (Lipinski definition) is 1. The molecule has 0 bridgehead atoms. The number of hydrogen-bond acceptors (Lipinski definition) is 6. The molecule has 0 atom stereocenters. The summed E-state index contributed by atoms with van der Waals surface area (Å²) in [4.78, 5) is 4.41. The zero-order valence-electron chi connectivity index (χ0n) is 15.2. The van der Waals surface area contributed by atoms with Crippen LogP contribution in [0, 0.1) is 0 Å². The van der Waals surface area contributed by atoms with Crippen LogP contribution in [-0.2, 0) is 16.4 Å². The third-order valence-corrected chi connectivity index (χ3v) is 5.65. The summed E-state index contributed by atoms with van der Waals surface area (Å²) in [5.74, 6) is 2.13. The first kappa shape index (κ1) is 18.5. The lowest BCUT2D eigenvalue weighted by Crippen LogP contribution is -2.22. The maximum Gasteiger partial charge on any atom is 0.236 e. The van der Waals surface area contributed by atoms with Gasteiger partial charge >= 0.3 is 0 Å². The van der Waals surface area contributed by atoms with E-state index >= 15 is 0 Å². The minimum absolute atomic E-state index is 0.0654. The first-order valence-electron chi connectivity index (χ1n) is 9.18. The number of sulfonamides is 1. The fourth-order valence-electron chi connectivity index (χ4n) is 2.79. The molecule has 1 aromatic heterocycles. The molecule has 0 saturated heterocycles. The first-order chi connectivity index (χ1) is 13.6. The number of nitrogens with zero attached hydrogens (tertiary/aromatic N) is 2. The number of para-hydroxylation sites is 2. The molecule has 0 unspecified atom stereocenters. The Bertz CT molecular complexity index is 1030. The standard InChI is InChI=1S/C20H21N3O4S/c24-28(25,13-12-26-17-7-2-1-3-8-17)23-18-9-5-4-6-16(18)14-19-21-20(22-27-19)15-10-11-15/h1-9,15,23H,10-14H2. The van der Waals surface area contributed by atoms with Gasteiger partial charge in [0.2, 0.25) is 15.9 Å². The summed E-state index contributed by atoms with van der Waals surface area (Å²) < 4.78 is 38.3. The second-order valence-electron chi connectivity index (χ2n) is 6.74. The number of anilines is 1. The lowest BCUT2D eigenvalue weighted by molar-refractivity contribution is 0.341. The van der Waals surface area contributed by atoms with Gasteiger partial charge in [0.05, 0.1) is 12.1 Å².